The van der Waals surface area contributed by atoms with Gasteiger partial charge in [0.25, 0.3) is 0 Å². The van der Waals surface area contributed by atoms with E-state index in [0.29, 0.717) is 5.02 Å². The van der Waals surface area contributed by atoms with E-state index in [4.69, 9.17) is 16.7 Å². The molecule has 1 N–H and O–H groups in total. The summed E-state index contributed by atoms with van der Waals surface area (Å²) in [6.45, 7) is 0.919. The average Bonchev–Trinajstić information content (AvgIpc) is 3.09. The van der Waals surface area contributed by atoms with Crippen molar-refractivity contribution in [3.05, 3.63) is 57.8 Å². The molecule has 3 heterocycles. The first kappa shape index (κ1) is 13.8. The van der Waals surface area contributed by atoms with E-state index in [-0.39, 0.29) is 0 Å². The van der Waals surface area contributed by atoms with Crippen molar-refractivity contribution >= 4 is 33.3 Å². The van der Waals surface area contributed by atoms with E-state index < -0.39 is 0 Å². The zero-order chi connectivity index (χ0) is 15.1. The van der Waals surface area contributed by atoms with Crippen LogP contribution in [0.4, 0.5) is 5.82 Å². The van der Waals surface area contributed by atoms with Gasteiger partial charge < -0.3 is 5.32 Å². The lowest BCUT2D eigenvalue weighted by molar-refractivity contribution is 0.882. The van der Waals surface area contributed by atoms with E-state index in [1.54, 1.807) is 6.20 Å². The molecule has 1 aromatic carbocycles. The number of hydrogen-bond acceptors (Lipinski definition) is 3. The minimum atomic E-state index is 0.699. The number of benzene rings is 1. The molecule has 0 spiro atoms. The van der Waals surface area contributed by atoms with Gasteiger partial charge in [-0.3, -0.25) is 4.98 Å². The number of pyridine rings is 1. The van der Waals surface area contributed by atoms with Gasteiger partial charge in [0.05, 0.1) is 11.4 Å². The van der Waals surface area contributed by atoms with Crippen LogP contribution in [0.5, 0.6) is 0 Å². The van der Waals surface area contributed by atoms with Gasteiger partial charge in [-0.25, -0.2) is 4.68 Å². The fourth-order valence-corrected chi connectivity index (χ4v) is 3.29. The van der Waals surface area contributed by atoms with Gasteiger partial charge in [0.1, 0.15) is 5.82 Å². The molecule has 0 amide bonds. The smallest absolute Gasteiger partial charge is 0.133 e. The number of fused-ring (bicyclic) bond motifs is 1. The summed E-state index contributed by atoms with van der Waals surface area (Å²) in [6.07, 6.45) is 4.57. The van der Waals surface area contributed by atoms with Crippen LogP contribution in [0.25, 0.3) is 16.9 Å². The highest BCUT2D eigenvalue weighted by Crippen LogP contribution is 2.35. The van der Waals surface area contributed by atoms with Crippen LogP contribution in [0.1, 0.15) is 5.56 Å². The molecule has 0 unspecified atom stereocenters. The summed E-state index contributed by atoms with van der Waals surface area (Å²) in [6, 6.07) is 9.75. The first-order valence-corrected chi connectivity index (χ1v) is 8.12. The maximum Gasteiger partial charge on any atom is 0.133 e. The highest BCUT2D eigenvalue weighted by Gasteiger charge is 2.24. The second-order valence-corrected chi connectivity index (χ2v) is 6.49. The molecule has 1 aliphatic heterocycles. The van der Waals surface area contributed by atoms with Crippen LogP contribution in [0.2, 0.25) is 5.02 Å². The third kappa shape index (κ3) is 2.30. The lowest BCUT2D eigenvalue weighted by atomic mass is 10.1. The fourth-order valence-electron chi connectivity index (χ4n) is 2.74. The van der Waals surface area contributed by atoms with Crippen LogP contribution < -0.4 is 5.32 Å². The number of rotatable bonds is 2. The summed E-state index contributed by atoms with van der Waals surface area (Å²) in [4.78, 5) is 4.24. The van der Waals surface area contributed by atoms with Crippen LogP contribution in [0.3, 0.4) is 0 Å². The number of anilines is 1. The molecule has 0 saturated carbocycles. The minimum Gasteiger partial charge on any atom is -0.369 e. The van der Waals surface area contributed by atoms with E-state index in [0.717, 1.165) is 40.2 Å². The van der Waals surface area contributed by atoms with Gasteiger partial charge >= 0.3 is 0 Å². The van der Waals surface area contributed by atoms with Crippen molar-refractivity contribution in [3.8, 4) is 16.9 Å². The number of hydrogen-bond donors (Lipinski definition) is 1. The molecule has 3 aromatic rings. The number of nitrogens with one attached hydrogen (secondary N) is 1. The molecular formula is C16H12BrClN4. The van der Waals surface area contributed by atoms with Crippen LogP contribution in [-0.2, 0) is 6.42 Å². The molecular weight excluding hydrogens is 364 g/mol. The molecule has 0 radical (unpaired) electrons. The van der Waals surface area contributed by atoms with Crippen molar-refractivity contribution in [1.82, 2.24) is 14.8 Å². The first-order chi connectivity index (χ1) is 10.7. The summed E-state index contributed by atoms with van der Waals surface area (Å²) < 4.78 is 2.87. The van der Waals surface area contributed by atoms with Gasteiger partial charge in [0.15, 0.2) is 0 Å². The van der Waals surface area contributed by atoms with Crippen molar-refractivity contribution < 1.29 is 0 Å². The van der Waals surface area contributed by atoms with Crippen molar-refractivity contribution in [2.45, 2.75) is 6.42 Å². The molecule has 22 heavy (non-hydrogen) atoms. The summed E-state index contributed by atoms with van der Waals surface area (Å²) in [5.41, 5.74) is 4.15. The maximum atomic E-state index is 6.11. The van der Waals surface area contributed by atoms with Crippen LogP contribution in [0.15, 0.2) is 47.2 Å². The second kappa shape index (κ2) is 5.41. The summed E-state index contributed by atoms with van der Waals surface area (Å²) in [5.74, 6) is 1.04. The fraction of sp³-hybridized carbons (Fsp3) is 0.125. The average molecular weight is 376 g/mol. The number of nitrogens with zero attached hydrogens (tertiary/aromatic N) is 3. The van der Waals surface area contributed by atoms with E-state index in [9.17, 15) is 0 Å². The van der Waals surface area contributed by atoms with Gasteiger partial charge in [-0.2, -0.15) is 5.10 Å². The molecule has 0 fully saturated rings. The Morgan fingerprint density at radius 2 is 2.14 bits per heavy atom. The van der Waals surface area contributed by atoms with Gasteiger partial charge in [0.2, 0.25) is 0 Å². The molecule has 2 aromatic heterocycles. The molecule has 1 aliphatic rings. The van der Waals surface area contributed by atoms with E-state index in [1.807, 2.05) is 41.2 Å². The summed E-state index contributed by atoms with van der Waals surface area (Å²) in [7, 11) is 0. The van der Waals surface area contributed by atoms with Crippen molar-refractivity contribution in [1.29, 1.82) is 0 Å². The first-order valence-electron chi connectivity index (χ1n) is 6.95. The molecule has 110 valence electrons. The zero-order valence-corrected chi connectivity index (χ0v) is 13.9. The molecule has 0 saturated heterocycles. The molecule has 4 nitrogen and oxygen atoms in total. The Bertz CT molecular complexity index is 791. The predicted octanol–water partition coefficient (Wildman–Crippen LogP) is 4.32. The number of halogens is 2. The zero-order valence-electron chi connectivity index (χ0n) is 11.6. The Hall–Kier alpha value is -1.85. The monoisotopic (exact) mass is 374 g/mol. The Kier molecular flexibility index (Phi) is 3.39. The molecule has 6 heteroatoms. The molecule has 0 bridgehead atoms. The highest BCUT2D eigenvalue weighted by atomic mass is 79.9. The van der Waals surface area contributed by atoms with Gasteiger partial charge in [0, 0.05) is 39.6 Å². The predicted molar refractivity (Wildman–Crippen MR) is 91.7 cm³/mol. The van der Waals surface area contributed by atoms with E-state index in [2.05, 4.69) is 26.2 Å². The Labute approximate surface area is 141 Å². The van der Waals surface area contributed by atoms with Gasteiger partial charge in [-0.05, 0) is 46.6 Å². The molecule has 0 atom stereocenters. The number of aromatic nitrogens is 3. The lowest BCUT2D eigenvalue weighted by Crippen LogP contribution is -2.04. The molecule has 0 aliphatic carbocycles. The third-order valence-electron chi connectivity index (χ3n) is 3.68. The van der Waals surface area contributed by atoms with Crippen LogP contribution >= 0.6 is 27.5 Å². The Balaban J connectivity index is 1.90. The topological polar surface area (TPSA) is 42.7 Å². The highest BCUT2D eigenvalue weighted by molar-refractivity contribution is 9.10. The minimum absolute atomic E-state index is 0.699. The normalized spacial score (nSPS) is 13.0. The quantitative estimate of drug-likeness (QED) is 0.725. The van der Waals surface area contributed by atoms with Gasteiger partial charge in [-0.1, -0.05) is 17.7 Å². The van der Waals surface area contributed by atoms with Crippen molar-refractivity contribution in [2.75, 3.05) is 11.9 Å². The van der Waals surface area contributed by atoms with Crippen molar-refractivity contribution in [2.24, 2.45) is 0 Å². The van der Waals surface area contributed by atoms with E-state index >= 15 is 0 Å². The van der Waals surface area contributed by atoms with Crippen LogP contribution in [-0.4, -0.2) is 21.3 Å². The lowest BCUT2D eigenvalue weighted by Gasteiger charge is -2.06. The summed E-state index contributed by atoms with van der Waals surface area (Å²) in [5, 5.41) is 8.91. The second-order valence-electron chi connectivity index (χ2n) is 5.14. The van der Waals surface area contributed by atoms with Crippen molar-refractivity contribution in [3.63, 3.8) is 0 Å². The standard InChI is InChI=1S/C16H12BrClN4/c17-11-6-10(8-19-9-11)15-14-4-5-20-16(14)22(21-15)13-3-1-2-12(18)7-13/h1-3,6-9,20H,4-5H2. The Morgan fingerprint density at radius 3 is 2.95 bits per heavy atom. The largest absolute Gasteiger partial charge is 0.369 e. The van der Waals surface area contributed by atoms with Crippen LogP contribution in [0, 0.1) is 0 Å². The maximum absolute atomic E-state index is 6.11. The SMILES string of the molecule is Clc1cccc(-n2nc(-c3cncc(Br)c3)c3c2NCC3)c1. The Morgan fingerprint density at radius 1 is 1.23 bits per heavy atom. The summed E-state index contributed by atoms with van der Waals surface area (Å²) >= 11 is 9.58. The van der Waals surface area contributed by atoms with E-state index in [1.165, 1.54) is 5.56 Å². The molecule has 4 rings (SSSR count). The third-order valence-corrected chi connectivity index (χ3v) is 4.35. The van der Waals surface area contributed by atoms with Gasteiger partial charge in [-0.15, -0.1) is 0 Å².